The van der Waals surface area contributed by atoms with Gasteiger partial charge in [0.25, 0.3) is 0 Å². The monoisotopic (exact) mass is 363 g/mol. The van der Waals surface area contributed by atoms with Gasteiger partial charge in [-0.1, -0.05) is 67.9 Å². The lowest BCUT2D eigenvalue weighted by Crippen LogP contribution is -2.16. The Kier molecular flexibility index (Phi) is 4.64. The van der Waals surface area contributed by atoms with E-state index in [-0.39, 0.29) is 5.92 Å². The average Bonchev–Trinajstić information content (AvgIpc) is 2.66. The van der Waals surface area contributed by atoms with Crippen LogP contribution in [0.3, 0.4) is 0 Å². The van der Waals surface area contributed by atoms with Crippen LogP contribution >= 0.6 is 11.6 Å². The minimum atomic E-state index is 0.227. The summed E-state index contributed by atoms with van der Waals surface area (Å²) in [5, 5.41) is 4.15. The Morgan fingerprint density at radius 3 is 2.58 bits per heavy atom. The third kappa shape index (κ3) is 3.19. The molecule has 4 rings (SSSR count). The van der Waals surface area contributed by atoms with Gasteiger partial charge in [-0.2, -0.15) is 0 Å². The number of anilines is 1. The Morgan fingerprint density at radius 2 is 1.81 bits per heavy atom. The van der Waals surface area contributed by atoms with Crippen LogP contribution in [0.4, 0.5) is 5.95 Å². The zero-order valence-corrected chi connectivity index (χ0v) is 15.8. The number of aromatic nitrogens is 2. The van der Waals surface area contributed by atoms with E-state index in [0.29, 0.717) is 11.9 Å². The highest BCUT2D eigenvalue weighted by molar-refractivity contribution is 6.31. The Morgan fingerprint density at radius 1 is 1.08 bits per heavy atom. The summed E-state index contributed by atoms with van der Waals surface area (Å²) >= 11 is 6.51. The van der Waals surface area contributed by atoms with Gasteiger partial charge in [0, 0.05) is 29.2 Å². The van der Waals surface area contributed by atoms with Gasteiger partial charge in [-0.05, 0) is 35.1 Å². The predicted molar refractivity (Wildman–Crippen MR) is 108 cm³/mol. The van der Waals surface area contributed by atoms with Crippen LogP contribution in [0, 0.1) is 5.92 Å². The lowest BCUT2D eigenvalue weighted by Gasteiger charge is -2.28. The molecule has 4 heteroatoms. The van der Waals surface area contributed by atoms with Crippen LogP contribution in [-0.4, -0.2) is 16.5 Å². The number of hydrogen-bond donors (Lipinski definition) is 1. The maximum atomic E-state index is 6.51. The second-order valence-electron chi connectivity index (χ2n) is 7.21. The first kappa shape index (κ1) is 17.0. The molecular formula is C22H22ClN3. The highest BCUT2D eigenvalue weighted by atomic mass is 35.5. The highest BCUT2D eigenvalue weighted by Gasteiger charge is 2.28. The summed E-state index contributed by atoms with van der Waals surface area (Å²) in [7, 11) is 0. The zero-order valence-electron chi connectivity index (χ0n) is 15.0. The average molecular weight is 364 g/mol. The number of hydrogen-bond acceptors (Lipinski definition) is 3. The smallest absolute Gasteiger partial charge is 0.223 e. The lowest BCUT2D eigenvalue weighted by molar-refractivity contribution is 0.684. The van der Waals surface area contributed by atoms with Gasteiger partial charge in [0.2, 0.25) is 5.95 Å². The van der Waals surface area contributed by atoms with Crippen molar-refractivity contribution in [2.24, 2.45) is 5.92 Å². The molecule has 1 heterocycles. The van der Waals surface area contributed by atoms with Crippen LogP contribution < -0.4 is 5.32 Å². The van der Waals surface area contributed by atoms with Crippen molar-refractivity contribution >= 4 is 17.5 Å². The third-order valence-electron chi connectivity index (χ3n) is 4.83. The molecule has 0 saturated carbocycles. The number of nitrogens with zero attached hydrogens (tertiary/aromatic N) is 2. The molecule has 0 bridgehead atoms. The van der Waals surface area contributed by atoms with Crippen molar-refractivity contribution in [2.75, 3.05) is 11.9 Å². The summed E-state index contributed by atoms with van der Waals surface area (Å²) in [5.74, 6) is 1.47. The highest BCUT2D eigenvalue weighted by Crippen LogP contribution is 2.43. The van der Waals surface area contributed by atoms with Crippen LogP contribution in [0.15, 0.2) is 54.7 Å². The summed E-state index contributed by atoms with van der Waals surface area (Å²) in [6.45, 7) is 5.21. The topological polar surface area (TPSA) is 37.8 Å². The molecule has 1 aliphatic carbocycles. The Hall–Kier alpha value is -2.39. The van der Waals surface area contributed by atoms with Crippen LogP contribution in [0.2, 0.25) is 5.02 Å². The maximum absolute atomic E-state index is 6.51. The Bertz CT molecular complexity index is 936. The van der Waals surface area contributed by atoms with E-state index in [1.165, 1.54) is 16.7 Å². The maximum Gasteiger partial charge on any atom is 0.223 e. The van der Waals surface area contributed by atoms with Gasteiger partial charge in [-0.25, -0.2) is 9.97 Å². The number of rotatable bonds is 4. The minimum Gasteiger partial charge on any atom is -0.354 e. The van der Waals surface area contributed by atoms with E-state index in [2.05, 4.69) is 60.5 Å². The van der Waals surface area contributed by atoms with E-state index in [1.54, 1.807) is 0 Å². The van der Waals surface area contributed by atoms with E-state index in [4.69, 9.17) is 16.6 Å². The molecule has 3 aromatic rings. The molecule has 0 saturated heterocycles. The first-order valence-corrected chi connectivity index (χ1v) is 9.44. The molecule has 1 aliphatic rings. The predicted octanol–water partition coefficient (Wildman–Crippen LogP) is 5.55. The fourth-order valence-corrected chi connectivity index (χ4v) is 3.82. The first-order chi connectivity index (χ1) is 12.6. The van der Waals surface area contributed by atoms with E-state index in [1.807, 2.05) is 18.3 Å². The van der Waals surface area contributed by atoms with E-state index < -0.39 is 0 Å². The molecule has 1 N–H and O–H groups in total. The van der Waals surface area contributed by atoms with Gasteiger partial charge in [-0.3, -0.25) is 0 Å². The van der Waals surface area contributed by atoms with Crippen LogP contribution in [-0.2, 0) is 6.42 Å². The molecule has 26 heavy (non-hydrogen) atoms. The molecule has 0 spiro atoms. The van der Waals surface area contributed by atoms with Crippen molar-refractivity contribution in [3.8, 4) is 11.3 Å². The quantitative estimate of drug-likeness (QED) is 0.660. The molecule has 1 aromatic heterocycles. The molecule has 1 atom stereocenters. The SMILES string of the molecule is CC(C)CNc1ncc2c(n1)-c1ccccc1C(c1ccccc1Cl)C2. The minimum absolute atomic E-state index is 0.227. The molecule has 0 aliphatic heterocycles. The Labute approximate surface area is 159 Å². The molecule has 0 amide bonds. The van der Waals surface area contributed by atoms with Crippen molar-refractivity contribution in [1.29, 1.82) is 0 Å². The molecule has 0 radical (unpaired) electrons. The molecule has 132 valence electrons. The second kappa shape index (κ2) is 7.08. The van der Waals surface area contributed by atoms with Crippen molar-refractivity contribution in [1.82, 2.24) is 9.97 Å². The fourth-order valence-electron chi connectivity index (χ4n) is 3.55. The number of halogens is 1. The summed E-state index contributed by atoms with van der Waals surface area (Å²) in [6, 6.07) is 16.6. The number of benzene rings is 2. The standard InChI is InChI=1S/C22H22ClN3/c1-14(2)12-24-22-25-13-15-11-19(17-8-5-6-10-20(17)23)16-7-3-4-9-18(16)21(15)26-22/h3-10,13-14,19H,11-12H2,1-2H3,(H,24,25,26). The first-order valence-electron chi connectivity index (χ1n) is 9.07. The van der Waals surface area contributed by atoms with Crippen molar-refractivity contribution in [3.63, 3.8) is 0 Å². The van der Waals surface area contributed by atoms with Crippen molar-refractivity contribution in [2.45, 2.75) is 26.2 Å². The van der Waals surface area contributed by atoms with Crippen LogP contribution in [0.5, 0.6) is 0 Å². The number of fused-ring (bicyclic) bond motifs is 3. The zero-order chi connectivity index (χ0) is 18.1. The van der Waals surface area contributed by atoms with Gasteiger partial charge in [0.1, 0.15) is 0 Å². The molecule has 2 aromatic carbocycles. The lowest BCUT2D eigenvalue weighted by atomic mass is 9.78. The largest absolute Gasteiger partial charge is 0.354 e. The summed E-state index contributed by atoms with van der Waals surface area (Å²) in [5.41, 5.74) is 5.82. The van der Waals surface area contributed by atoms with Crippen molar-refractivity contribution in [3.05, 3.63) is 76.4 Å². The van der Waals surface area contributed by atoms with E-state index in [9.17, 15) is 0 Å². The third-order valence-corrected chi connectivity index (χ3v) is 5.17. The Balaban J connectivity index is 1.78. The molecular weight excluding hydrogens is 342 g/mol. The summed E-state index contributed by atoms with van der Waals surface area (Å²) in [4.78, 5) is 9.35. The molecule has 1 unspecified atom stereocenters. The van der Waals surface area contributed by atoms with Gasteiger partial charge >= 0.3 is 0 Å². The summed E-state index contributed by atoms with van der Waals surface area (Å²) in [6.07, 6.45) is 2.82. The summed E-state index contributed by atoms with van der Waals surface area (Å²) < 4.78 is 0. The van der Waals surface area contributed by atoms with Gasteiger partial charge in [0.15, 0.2) is 0 Å². The van der Waals surface area contributed by atoms with Crippen LogP contribution in [0.25, 0.3) is 11.3 Å². The van der Waals surface area contributed by atoms with E-state index in [0.717, 1.165) is 29.2 Å². The second-order valence-corrected chi connectivity index (χ2v) is 7.61. The molecule has 3 nitrogen and oxygen atoms in total. The van der Waals surface area contributed by atoms with Gasteiger partial charge in [0.05, 0.1) is 5.69 Å². The van der Waals surface area contributed by atoms with Crippen molar-refractivity contribution < 1.29 is 0 Å². The van der Waals surface area contributed by atoms with E-state index >= 15 is 0 Å². The molecule has 0 fully saturated rings. The van der Waals surface area contributed by atoms with Crippen LogP contribution in [0.1, 0.15) is 36.5 Å². The normalized spacial score (nSPS) is 15.5. The number of nitrogens with one attached hydrogen (secondary N) is 1. The fraction of sp³-hybridized carbons (Fsp3) is 0.273. The van der Waals surface area contributed by atoms with Gasteiger partial charge < -0.3 is 5.32 Å². The van der Waals surface area contributed by atoms with Gasteiger partial charge in [-0.15, -0.1) is 0 Å².